The molecule has 14 heavy (non-hydrogen) atoms. The predicted octanol–water partition coefficient (Wildman–Crippen LogP) is 1.88. The van der Waals surface area contributed by atoms with E-state index in [-0.39, 0.29) is 0 Å². The number of nitrogens with two attached hydrogens (primary N) is 1. The van der Waals surface area contributed by atoms with Crippen molar-refractivity contribution in [1.29, 1.82) is 0 Å². The van der Waals surface area contributed by atoms with Crippen LogP contribution in [0, 0.1) is 13.8 Å². The van der Waals surface area contributed by atoms with E-state index in [4.69, 9.17) is 10.2 Å². The molecule has 2 aromatic rings. The maximum atomic E-state index is 5.83. The summed E-state index contributed by atoms with van der Waals surface area (Å²) in [7, 11) is 1.83. The molecule has 4 heteroatoms. The van der Waals surface area contributed by atoms with Crippen LogP contribution in [0.25, 0.3) is 11.3 Å². The van der Waals surface area contributed by atoms with E-state index < -0.39 is 0 Å². The molecule has 0 bridgehead atoms. The normalized spacial score (nSPS) is 10.8. The van der Waals surface area contributed by atoms with Gasteiger partial charge in [0.25, 0.3) is 0 Å². The summed E-state index contributed by atoms with van der Waals surface area (Å²) >= 11 is 0. The Balaban J connectivity index is 2.63. The molecule has 2 aromatic heterocycles. The van der Waals surface area contributed by atoms with E-state index in [1.807, 2.05) is 20.9 Å². The van der Waals surface area contributed by atoms with Gasteiger partial charge in [-0.15, -0.1) is 0 Å². The highest BCUT2D eigenvalue weighted by Crippen LogP contribution is 2.28. The lowest BCUT2D eigenvalue weighted by Crippen LogP contribution is -1.97. The van der Waals surface area contributed by atoms with Gasteiger partial charge in [0.15, 0.2) is 0 Å². The average Bonchev–Trinajstić information content (AvgIpc) is 2.66. The van der Waals surface area contributed by atoms with Crippen molar-refractivity contribution in [2.24, 2.45) is 7.05 Å². The van der Waals surface area contributed by atoms with Crippen LogP contribution in [0.1, 0.15) is 11.1 Å². The smallest absolute Gasteiger partial charge is 0.124 e. The molecular weight excluding hydrogens is 178 g/mol. The van der Waals surface area contributed by atoms with Crippen LogP contribution in [0.4, 0.5) is 5.82 Å². The number of nitrogen functional groups attached to an aromatic ring is 1. The van der Waals surface area contributed by atoms with E-state index in [1.165, 1.54) is 0 Å². The van der Waals surface area contributed by atoms with Crippen molar-refractivity contribution in [1.82, 2.24) is 9.78 Å². The van der Waals surface area contributed by atoms with E-state index >= 15 is 0 Å². The van der Waals surface area contributed by atoms with Gasteiger partial charge in [-0.25, -0.2) is 0 Å². The highest BCUT2D eigenvalue weighted by molar-refractivity contribution is 5.69. The number of aryl methyl sites for hydroxylation is 2. The molecule has 0 radical (unpaired) electrons. The van der Waals surface area contributed by atoms with E-state index in [0.717, 1.165) is 22.4 Å². The lowest BCUT2D eigenvalue weighted by molar-refractivity contribution is 0.566. The Morgan fingerprint density at radius 1 is 1.36 bits per heavy atom. The summed E-state index contributed by atoms with van der Waals surface area (Å²) in [4.78, 5) is 0. The molecular formula is C10H13N3O. The Morgan fingerprint density at radius 3 is 2.50 bits per heavy atom. The molecule has 0 aliphatic carbocycles. The van der Waals surface area contributed by atoms with Gasteiger partial charge in [0.1, 0.15) is 11.5 Å². The molecule has 0 spiro atoms. The monoisotopic (exact) mass is 191 g/mol. The van der Waals surface area contributed by atoms with Crippen molar-refractivity contribution in [2.75, 3.05) is 5.73 Å². The second-order valence-electron chi connectivity index (χ2n) is 3.45. The van der Waals surface area contributed by atoms with Crippen molar-refractivity contribution in [3.63, 3.8) is 0 Å². The molecule has 0 aromatic carbocycles. The van der Waals surface area contributed by atoms with Gasteiger partial charge >= 0.3 is 0 Å². The number of aromatic nitrogens is 2. The summed E-state index contributed by atoms with van der Waals surface area (Å²) in [6.07, 6.45) is 3.41. The summed E-state index contributed by atoms with van der Waals surface area (Å²) in [6.45, 7) is 3.95. The molecule has 0 amide bonds. The zero-order valence-electron chi connectivity index (χ0n) is 8.53. The maximum absolute atomic E-state index is 5.83. The van der Waals surface area contributed by atoms with Crippen molar-refractivity contribution in [3.8, 4) is 11.3 Å². The van der Waals surface area contributed by atoms with Crippen LogP contribution in [-0.4, -0.2) is 9.78 Å². The third kappa shape index (κ3) is 1.11. The summed E-state index contributed by atoms with van der Waals surface area (Å²) < 4.78 is 6.79. The maximum Gasteiger partial charge on any atom is 0.124 e. The van der Waals surface area contributed by atoms with Crippen molar-refractivity contribution >= 4 is 5.82 Å². The van der Waals surface area contributed by atoms with Crippen LogP contribution < -0.4 is 5.73 Å². The number of nitrogens with zero attached hydrogens (tertiary/aromatic N) is 2. The van der Waals surface area contributed by atoms with Gasteiger partial charge in [0, 0.05) is 18.2 Å². The fourth-order valence-electron chi connectivity index (χ4n) is 1.50. The summed E-state index contributed by atoms with van der Waals surface area (Å²) in [5, 5.41) is 4.34. The highest BCUT2D eigenvalue weighted by Gasteiger charge is 2.14. The lowest BCUT2D eigenvalue weighted by atomic mass is 10.1. The Morgan fingerprint density at radius 2 is 2.07 bits per heavy atom. The molecule has 2 N–H and O–H groups in total. The Bertz CT molecular complexity index is 468. The first kappa shape index (κ1) is 8.87. The van der Waals surface area contributed by atoms with Crippen LogP contribution in [0.5, 0.6) is 0 Å². The first-order valence-electron chi connectivity index (χ1n) is 4.43. The largest absolute Gasteiger partial charge is 0.472 e. The molecule has 4 nitrogen and oxygen atoms in total. The van der Waals surface area contributed by atoms with Crippen LogP contribution >= 0.6 is 0 Å². The van der Waals surface area contributed by atoms with E-state index in [2.05, 4.69) is 5.10 Å². The third-order valence-electron chi connectivity index (χ3n) is 2.45. The van der Waals surface area contributed by atoms with E-state index in [1.54, 1.807) is 17.2 Å². The summed E-state index contributed by atoms with van der Waals surface area (Å²) in [5.41, 5.74) is 9.81. The SMILES string of the molecule is Cc1cocc1-c1nn(C)c(N)c1C. The van der Waals surface area contributed by atoms with E-state index in [0.29, 0.717) is 5.82 Å². The third-order valence-corrected chi connectivity index (χ3v) is 2.45. The molecule has 0 saturated carbocycles. The minimum Gasteiger partial charge on any atom is -0.472 e. The van der Waals surface area contributed by atoms with Crippen LogP contribution in [-0.2, 0) is 7.05 Å². The van der Waals surface area contributed by atoms with Gasteiger partial charge < -0.3 is 10.2 Å². The highest BCUT2D eigenvalue weighted by atomic mass is 16.3. The number of hydrogen-bond donors (Lipinski definition) is 1. The topological polar surface area (TPSA) is 57.0 Å². The minimum absolute atomic E-state index is 0.695. The van der Waals surface area contributed by atoms with Crippen molar-refractivity contribution in [2.45, 2.75) is 13.8 Å². The second kappa shape index (κ2) is 2.90. The fraction of sp³-hybridized carbons (Fsp3) is 0.300. The molecule has 74 valence electrons. The molecule has 0 atom stereocenters. The lowest BCUT2D eigenvalue weighted by Gasteiger charge is -1.94. The number of hydrogen-bond acceptors (Lipinski definition) is 3. The van der Waals surface area contributed by atoms with Gasteiger partial charge in [-0.1, -0.05) is 0 Å². The van der Waals surface area contributed by atoms with Gasteiger partial charge in [0.2, 0.25) is 0 Å². The first-order chi connectivity index (χ1) is 6.61. The average molecular weight is 191 g/mol. The van der Waals surface area contributed by atoms with Crippen LogP contribution in [0.2, 0.25) is 0 Å². The zero-order valence-corrected chi connectivity index (χ0v) is 8.53. The quantitative estimate of drug-likeness (QED) is 0.748. The molecule has 2 heterocycles. The fourth-order valence-corrected chi connectivity index (χ4v) is 1.50. The Labute approximate surface area is 82.3 Å². The van der Waals surface area contributed by atoms with Crippen LogP contribution in [0.15, 0.2) is 16.9 Å². The number of rotatable bonds is 1. The second-order valence-corrected chi connectivity index (χ2v) is 3.45. The molecule has 0 unspecified atom stereocenters. The summed E-state index contributed by atoms with van der Waals surface area (Å²) in [6, 6.07) is 0. The number of anilines is 1. The van der Waals surface area contributed by atoms with Gasteiger partial charge in [-0.2, -0.15) is 5.10 Å². The first-order valence-corrected chi connectivity index (χ1v) is 4.43. The van der Waals surface area contributed by atoms with Gasteiger partial charge in [-0.3, -0.25) is 4.68 Å². The molecule has 0 aliphatic rings. The van der Waals surface area contributed by atoms with Crippen molar-refractivity contribution < 1.29 is 4.42 Å². The minimum atomic E-state index is 0.695. The molecule has 0 aliphatic heterocycles. The standard InChI is InChI=1S/C10H13N3O/c1-6-4-14-5-8(6)9-7(2)10(11)13(3)12-9/h4-5H,11H2,1-3H3. The van der Waals surface area contributed by atoms with Crippen LogP contribution in [0.3, 0.4) is 0 Å². The number of furan rings is 1. The van der Waals surface area contributed by atoms with Crippen molar-refractivity contribution in [3.05, 3.63) is 23.7 Å². The molecule has 2 rings (SSSR count). The Hall–Kier alpha value is -1.71. The molecule has 0 saturated heterocycles. The zero-order chi connectivity index (χ0) is 10.3. The predicted molar refractivity (Wildman–Crippen MR) is 54.8 cm³/mol. The van der Waals surface area contributed by atoms with Gasteiger partial charge in [-0.05, 0) is 19.4 Å². The Kier molecular flexibility index (Phi) is 1.84. The molecule has 0 fully saturated rings. The van der Waals surface area contributed by atoms with E-state index in [9.17, 15) is 0 Å². The van der Waals surface area contributed by atoms with Gasteiger partial charge in [0.05, 0.1) is 12.5 Å². The summed E-state index contributed by atoms with van der Waals surface area (Å²) in [5.74, 6) is 0.695.